The average molecular weight is 295 g/mol. The van der Waals surface area contributed by atoms with Crippen LogP contribution >= 0.6 is 0 Å². The van der Waals surface area contributed by atoms with Crippen molar-refractivity contribution in [3.63, 3.8) is 0 Å². The van der Waals surface area contributed by atoms with Crippen LogP contribution in [0, 0.1) is 5.92 Å². The molecule has 0 saturated carbocycles. The van der Waals surface area contributed by atoms with Crippen LogP contribution in [0.25, 0.3) is 0 Å². The molecule has 1 aromatic rings. The number of hydrogen-bond acceptors (Lipinski definition) is 3. The molecule has 0 saturated heterocycles. The molecule has 2 N–H and O–H groups in total. The summed E-state index contributed by atoms with van der Waals surface area (Å²) in [7, 11) is 0. The van der Waals surface area contributed by atoms with E-state index >= 15 is 0 Å². The Morgan fingerprint density at radius 1 is 1.14 bits per heavy atom. The normalized spacial score (nSPS) is 13.1. The highest BCUT2D eigenvalue weighted by Gasteiger charge is 2.16. The summed E-state index contributed by atoms with van der Waals surface area (Å²) in [6, 6.07) is 0.181. The van der Waals surface area contributed by atoms with E-state index in [0.717, 1.165) is 45.4 Å². The Morgan fingerprint density at radius 3 is 2.38 bits per heavy atom. The maximum absolute atomic E-state index is 5.99. The molecule has 0 bridgehead atoms. The van der Waals surface area contributed by atoms with Crippen molar-refractivity contribution in [1.82, 2.24) is 9.78 Å². The van der Waals surface area contributed by atoms with Gasteiger partial charge in [-0.25, -0.2) is 0 Å². The molecule has 1 unspecified atom stereocenters. The number of nitrogens with two attached hydrogens (primary N) is 1. The molecule has 122 valence electrons. The van der Waals surface area contributed by atoms with E-state index in [2.05, 4.69) is 39.3 Å². The zero-order chi connectivity index (χ0) is 15.8. The van der Waals surface area contributed by atoms with Crippen LogP contribution in [0.3, 0.4) is 0 Å². The van der Waals surface area contributed by atoms with E-state index in [0.29, 0.717) is 5.92 Å². The van der Waals surface area contributed by atoms with Crippen molar-refractivity contribution in [2.45, 2.75) is 72.9 Å². The van der Waals surface area contributed by atoms with Gasteiger partial charge in [0.15, 0.2) is 0 Å². The fraction of sp³-hybridized carbons (Fsp3) is 0.824. The third-order valence-electron chi connectivity index (χ3n) is 3.73. The molecule has 1 atom stereocenters. The topological polar surface area (TPSA) is 53.1 Å². The minimum absolute atomic E-state index is 0.181. The van der Waals surface area contributed by atoms with Crippen LogP contribution < -0.4 is 5.73 Å². The molecule has 0 aliphatic carbocycles. The van der Waals surface area contributed by atoms with E-state index in [-0.39, 0.29) is 6.04 Å². The summed E-state index contributed by atoms with van der Waals surface area (Å²) in [4.78, 5) is 0. The van der Waals surface area contributed by atoms with Crippen molar-refractivity contribution in [1.29, 1.82) is 0 Å². The smallest absolute Gasteiger partial charge is 0.0662 e. The first-order valence-corrected chi connectivity index (χ1v) is 8.40. The highest BCUT2D eigenvalue weighted by Crippen LogP contribution is 2.18. The highest BCUT2D eigenvalue weighted by atomic mass is 16.5. The lowest BCUT2D eigenvalue weighted by Gasteiger charge is -2.10. The Labute approximate surface area is 130 Å². The summed E-state index contributed by atoms with van der Waals surface area (Å²) < 4.78 is 7.86. The lowest BCUT2D eigenvalue weighted by Crippen LogP contribution is -2.19. The van der Waals surface area contributed by atoms with E-state index in [1.807, 2.05) is 0 Å². The van der Waals surface area contributed by atoms with E-state index < -0.39 is 0 Å². The largest absolute Gasteiger partial charge is 0.380 e. The average Bonchev–Trinajstić information content (AvgIpc) is 2.74. The minimum Gasteiger partial charge on any atom is -0.380 e. The molecule has 0 spiro atoms. The second-order valence-corrected chi connectivity index (χ2v) is 6.28. The number of hydrogen-bond donors (Lipinski definition) is 1. The second-order valence-electron chi connectivity index (χ2n) is 6.28. The first-order valence-electron chi connectivity index (χ1n) is 8.40. The van der Waals surface area contributed by atoms with Gasteiger partial charge in [0.05, 0.1) is 18.8 Å². The Balaban J connectivity index is 2.66. The van der Waals surface area contributed by atoms with Gasteiger partial charge in [-0.3, -0.25) is 4.68 Å². The molecule has 1 rings (SSSR count). The van der Waals surface area contributed by atoms with Gasteiger partial charge in [-0.2, -0.15) is 5.10 Å². The maximum atomic E-state index is 5.99. The van der Waals surface area contributed by atoms with Crippen LogP contribution in [0.1, 0.15) is 58.0 Å². The van der Waals surface area contributed by atoms with Crippen molar-refractivity contribution in [3.8, 4) is 0 Å². The van der Waals surface area contributed by atoms with Crippen molar-refractivity contribution in [2.24, 2.45) is 11.7 Å². The van der Waals surface area contributed by atoms with Crippen LogP contribution in [0.15, 0.2) is 0 Å². The molecule has 0 radical (unpaired) electrons. The van der Waals surface area contributed by atoms with Gasteiger partial charge < -0.3 is 10.5 Å². The Kier molecular flexibility index (Phi) is 7.97. The van der Waals surface area contributed by atoms with Gasteiger partial charge in [0.1, 0.15) is 0 Å². The number of nitrogens with zero attached hydrogens (tertiary/aromatic N) is 2. The van der Waals surface area contributed by atoms with Crippen molar-refractivity contribution in [3.05, 3.63) is 17.0 Å². The summed E-state index contributed by atoms with van der Waals surface area (Å²) in [5.41, 5.74) is 9.88. The summed E-state index contributed by atoms with van der Waals surface area (Å²) in [5, 5.41) is 4.77. The zero-order valence-corrected chi connectivity index (χ0v) is 14.5. The number of aromatic nitrogens is 2. The van der Waals surface area contributed by atoms with Crippen LogP contribution in [0.4, 0.5) is 0 Å². The molecule has 0 fully saturated rings. The van der Waals surface area contributed by atoms with Gasteiger partial charge >= 0.3 is 0 Å². The monoisotopic (exact) mass is 295 g/mol. The van der Waals surface area contributed by atoms with Crippen molar-refractivity contribution in [2.75, 3.05) is 13.2 Å². The van der Waals surface area contributed by atoms with Gasteiger partial charge in [0, 0.05) is 18.3 Å². The van der Waals surface area contributed by atoms with Crippen LogP contribution in [0.2, 0.25) is 0 Å². The summed E-state index contributed by atoms with van der Waals surface area (Å²) in [5.74, 6) is 0.699. The summed E-state index contributed by atoms with van der Waals surface area (Å²) >= 11 is 0. The van der Waals surface area contributed by atoms with E-state index in [4.69, 9.17) is 15.6 Å². The van der Waals surface area contributed by atoms with Gasteiger partial charge in [-0.15, -0.1) is 0 Å². The molecule has 4 heteroatoms. The summed E-state index contributed by atoms with van der Waals surface area (Å²) in [6.45, 7) is 13.3. The zero-order valence-electron chi connectivity index (χ0n) is 14.5. The first kappa shape index (κ1) is 18.2. The van der Waals surface area contributed by atoms with E-state index in [9.17, 15) is 0 Å². The van der Waals surface area contributed by atoms with Crippen LogP contribution in [-0.4, -0.2) is 29.0 Å². The van der Waals surface area contributed by atoms with Gasteiger partial charge in [0.2, 0.25) is 0 Å². The molecule has 0 aromatic carbocycles. The van der Waals surface area contributed by atoms with Crippen LogP contribution in [-0.2, 0) is 30.5 Å². The lowest BCUT2D eigenvalue weighted by molar-refractivity contribution is 0.113. The lowest BCUT2D eigenvalue weighted by atomic mass is 10.0. The molecule has 21 heavy (non-hydrogen) atoms. The fourth-order valence-corrected chi connectivity index (χ4v) is 2.58. The molecule has 4 nitrogen and oxygen atoms in total. The number of ether oxygens (including phenoxy) is 1. The van der Waals surface area contributed by atoms with Crippen LogP contribution in [0.5, 0.6) is 0 Å². The molecule has 0 amide bonds. The quantitative estimate of drug-likeness (QED) is 0.675. The van der Waals surface area contributed by atoms with Crippen molar-refractivity contribution >= 4 is 0 Å². The SMILES string of the molecule is CCc1nn(CCOCCC(C)C)c(CC)c1CC(C)N. The molecule has 0 aliphatic rings. The van der Waals surface area contributed by atoms with E-state index in [1.54, 1.807) is 0 Å². The van der Waals surface area contributed by atoms with E-state index in [1.165, 1.54) is 17.0 Å². The summed E-state index contributed by atoms with van der Waals surface area (Å²) in [6.07, 6.45) is 4.01. The van der Waals surface area contributed by atoms with Gasteiger partial charge in [-0.1, -0.05) is 27.7 Å². The molecular weight excluding hydrogens is 262 g/mol. The number of rotatable bonds is 10. The molecule has 0 aliphatic heterocycles. The first-order chi connectivity index (χ1) is 9.99. The predicted molar refractivity (Wildman–Crippen MR) is 88.6 cm³/mol. The Morgan fingerprint density at radius 2 is 1.86 bits per heavy atom. The van der Waals surface area contributed by atoms with Gasteiger partial charge in [-0.05, 0) is 44.1 Å². The highest BCUT2D eigenvalue weighted by molar-refractivity contribution is 5.27. The third kappa shape index (κ3) is 5.79. The predicted octanol–water partition coefficient (Wildman–Crippen LogP) is 2.96. The number of aryl methyl sites for hydroxylation is 1. The van der Waals surface area contributed by atoms with Crippen molar-refractivity contribution < 1.29 is 4.74 Å². The Hall–Kier alpha value is -0.870. The Bertz CT molecular complexity index is 410. The maximum Gasteiger partial charge on any atom is 0.0662 e. The second kappa shape index (κ2) is 9.21. The molecule has 1 heterocycles. The minimum atomic E-state index is 0.181. The molecule has 1 aromatic heterocycles. The standard InChI is InChI=1S/C17H33N3O/c1-6-16-15(12-14(5)18)17(7-2)20(19-16)9-11-21-10-8-13(3)4/h13-14H,6-12,18H2,1-5H3. The van der Waals surface area contributed by atoms with Gasteiger partial charge in [0.25, 0.3) is 0 Å². The fourth-order valence-electron chi connectivity index (χ4n) is 2.58. The third-order valence-corrected chi connectivity index (χ3v) is 3.73. The molecular formula is C17H33N3O.